The summed E-state index contributed by atoms with van der Waals surface area (Å²) in [5.41, 5.74) is 1.71. The maximum atomic E-state index is 13.7. The Kier molecular flexibility index (Phi) is 3.54. The minimum Gasteiger partial charge on any atom is -0.491 e. The van der Waals surface area contributed by atoms with Gasteiger partial charge in [-0.2, -0.15) is 5.26 Å². The molecule has 0 aliphatic rings. The summed E-state index contributed by atoms with van der Waals surface area (Å²) in [6.07, 6.45) is 3.04. The first kappa shape index (κ1) is 12.1. The molecule has 0 radical (unpaired) electrons. The van der Waals surface area contributed by atoms with Crippen LogP contribution in [-0.4, -0.2) is 11.6 Å². The highest BCUT2D eigenvalue weighted by Crippen LogP contribution is 2.27. The zero-order chi connectivity index (χ0) is 13.0. The molecule has 0 fully saturated rings. The molecule has 0 aliphatic carbocycles. The highest BCUT2D eigenvalue weighted by Gasteiger charge is 2.08. The number of nitriles is 1. The summed E-state index contributed by atoms with van der Waals surface area (Å²) in [5.74, 6) is -0.219. The fourth-order valence-electron chi connectivity index (χ4n) is 1.68. The number of halogens is 1. The largest absolute Gasteiger partial charge is 0.491 e. The Hall–Kier alpha value is -2.41. The molecule has 0 N–H and O–H groups in total. The molecule has 2 aromatic rings. The summed E-state index contributed by atoms with van der Waals surface area (Å²) in [7, 11) is 0. The molecule has 0 spiro atoms. The Balaban J connectivity index is 2.46. The second-order valence-electron chi connectivity index (χ2n) is 3.61. The predicted molar refractivity (Wildman–Crippen MR) is 65.5 cm³/mol. The van der Waals surface area contributed by atoms with Gasteiger partial charge in [-0.15, -0.1) is 0 Å². The molecule has 2 rings (SSSR count). The predicted octanol–water partition coefficient (Wildman–Crippen LogP) is 3.16. The quantitative estimate of drug-likeness (QED) is 0.830. The third-order valence-electron chi connectivity index (χ3n) is 2.48. The molecule has 18 heavy (non-hydrogen) atoms. The fraction of sp³-hybridized carbons (Fsp3) is 0.143. The molecule has 0 bridgehead atoms. The zero-order valence-corrected chi connectivity index (χ0v) is 9.85. The molecule has 1 aromatic heterocycles. The maximum Gasteiger partial charge on any atom is 0.165 e. The van der Waals surface area contributed by atoms with E-state index in [1.165, 1.54) is 12.3 Å². The molecular weight excluding hydrogens is 231 g/mol. The van der Waals surface area contributed by atoms with E-state index in [1.807, 2.05) is 6.07 Å². The van der Waals surface area contributed by atoms with Crippen molar-refractivity contribution in [3.05, 3.63) is 48.0 Å². The molecule has 1 aromatic carbocycles. The van der Waals surface area contributed by atoms with Crippen molar-refractivity contribution in [1.29, 1.82) is 5.26 Å². The van der Waals surface area contributed by atoms with Crippen LogP contribution in [0.3, 0.4) is 0 Å². The van der Waals surface area contributed by atoms with E-state index >= 15 is 0 Å². The summed E-state index contributed by atoms with van der Waals surface area (Å²) < 4.78 is 18.9. The van der Waals surface area contributed by atoms with Gasteiger partial charge in [-0.05, 0) is 30.7 Å². The van der Waals surface area contributed by atoms with Crippen LogP contribution in [0.2, 0.25) is 0 Å². The lowest BCUT2D eigenvalue weighted by Gasteiger charge is -2.07. The van der Waals surface area contributed by atoms with Gasteiger partial charge in [-0.3, -0.25) is 4.98 Å². The van der Waals surface area contributed by atoms with Crippen LogP contribution in [0.1, 0.15) is 12.5 Å². The van der Waals surface area contributed by atoms with E-state index in [-0.39, 0.29) is 5.75 Å². The highest BCUT2D eigenvalue weighted by atomic mass is 19.1. The lowest BCUT2D eigenvalue weighted by atomic mass is 10.0. The van der Waals surface area contributed by atoms with Crippen LogP contribution >= 0.6 is 0 Å². The van der Waals surface area contributed by atoms with Crippen LogP contribution in [0.4, 0.5) is 4.39 Å². The van der Waals surface area contributed by atoms with Crippen molar-refractivity contribution in [2.45, 2.75) is 6.92 Å². The number of benzene rings is 1. The average molecular weight is 242 g/mol. The first-order valence-electron chi connectivity index (χ1n) is 5.53. The van der Waals surface area contributed by atoms with Gasteiger partial charge in [0.15, 0.2) is 11.6 Å². The minimum atomic E-state index is -0.435. The second-order valence-corrected chi connectivity index (χ2v) is 3.61. The smallest absolute Gasteiger partial charge is 0.165 e. The third-order valence-corrected chi connectivity index (χ3v) is 2.48. The molecular formula is C14H11FN2O. The fourth-order valence-corrected chi connectivity index (χ4v) is 1.68. The Bertz CT molecular complexity index is 605. The van der Waals surface area contributed by atoms with Crippen LogP contribution in [0.15, 0.2) is 36.7 Å². The minimum absolute atomic E-state index is 0.216. The van der Waals surface area contributed by atoms with Crippen molar-refractivity contribution in [3.63, 3.8) is 0 Å². The molecule has 4 heteroatoms. The molecule has 1 heterocycles. The lowest BCUT2D eigenvalue weighted by molar-refractivity contribution is 0.321. The van der Waals surface area contributed by atoms with Crippen LogP contribution < -0.4 is 4.74 Å². The summed E-state index contributed by atoms with van der Waals surface area (Å²) >= 11 is 0. The summed E-state index contributed by atoms with van der Waals surface area (Å²) in [6, 6.07) is 8.38. The molecule has 3 nitrogen and oxygen atoms in total. The standard InChI is InChI=1S/C14H11FN2O/c1-2-18-14-4-3-10(7-13(14)15)12-5-6-17-9-11(12)8-16/h3-7,9H,2H2,1H3. The normalized spacial score (nSPS) is 9.83. The Morgan fingerprint density at radius 2 is 2.22 bits per heavy atom. The van der Waals surface area contributed by atoms with Crippen LogP contribution in [0.5, 0.6) is 5.75 Å². The van der Waals surface area contributed by atoms with E-state index in [0.29, 0.717) is 23.3 Å². The van der Waals surface area contributed by atoms with Gasteiger partial charge in [0.05, 0.1) is 12.2 Å². The van der Waals surface area contributed by atoms with Gasteiger partial charge in [0.2, 0.25) is 0 Å². The first-order valence-corrected chi connectivity index (χ1v) is 5.53. The molecule has 0 atom stereocenters. The highest BCUT2D eigenvalue weighted by molar-refractivity contribution is 5.70. The van der Waals surface area contributed by atoms with Gasteiger partial charge in [0.25, 0.3) is 0 Å². The maximum absolute atomic E-state index is 13.7. The Labute approximate surface area is 104 Å². The van der Waals surface area contributed by atoms with Crippen molar-refractivity contribution in [2.75, 3.05) is 6.61 Å². The first-order chi connectivity index (χ1) is 8.76. The SMILES string of the molecule is CCOc1ccc(-c2ccncc2C#N)cc1F. The van der Waals surface area contributed by atoms with E-state index in [0.717, 1.165) is 0 Å². The number of hydrogen-bond donors (Lipinski definition) is 0. The molecule has 0 unspecified atom stereocenters. The van der Waals surface area contributed by atoms with Crippen molar-refractivity contribution >= 4 is 0 Å². The van der Waals surface area contributed by atoms with E-state index in [1.54, 1.807) is 31.3 Å². The number of hydrogen-bond acceptors (Lipinski definition) is 3. The van der Waals surface area contributed by atoms with E-state index in [9.17, 15) is 4.39 Å². The Morgan fingerprint density at radius 1 is 1.39 bits per heavy atom. The average Bonchev–Trinajstić information content (AvgIpc) is 2.41. The van der Waals surface area contributed by atoms with E-state index in [4.69, 9.17) is 10.00 Å². The number of rotatable bonds is 3. The molecule has 90 valence electrons. The lowest BCUT2D eigenvalue weighted by Crippen LogP contribution is -1.95. The van der Waals surface area contributed by atoms with Crippen molar-refractivity contribution in [3.8, 4) is 22.9 Å². The third kappa shape index (κ3) is 2.30. The Morgan fingerprint density at radius 3 is 2.89 bits per heavy atom. The number of pyridine rings is 1. The number of aromatic nitrogens is 1. The number of ether oxygens (including phenoxy) is 1. The van der Waals surface area contributed by atoms with Crippen molar-refractivity contribution in [2.24, 2.45) is 0 Å². The monoisotopic (exact) mass is 242 g/mol. The molecule has 0 amide bonds. The van der Waals surface area contributed by atoms with Crippen LogP contribution in [-0.2, 0) is 0 Å². The van der Waals surface area contributed by atoms with Crippen LogP contribution in [0, 0.1) is 17.1 Å². The van der Waals surface area contributed by atoms with Gasteiger partial charge < -0.3 is 4.74 Å². The second kappa shape index (κ2) is 5.28. The van der Waals surface area contributed by atoms with Crippen molar-refractivity contribution < 1.29 is 9.13 Å². The summed E-state index contributed by atoms with van der Waals surface area (Å²) in [5, 5.41) is 8.98. The zero-order valence-electron chi connectivity index (χ0n) is 9.85. The van der Waals surface area contributed by atoms with Gasteiger partial charge in [0, 0.05) is 18.0 Å². The van der Waals surface area contributed by atoms with E-state index in [2.05, 4.69) is 4.98 Å². The molecule has 0 saturated heterocycles. The van der Waals surface area contributed by atoms with Gasteiger partial charge in [-0.1, -0.05) is 6.07 Å². The molecule has 0 aliphatic heterocycles. The van der Waals surface area contributed by atoms with Gasteiger partial charge >= 0.3 is 0 Å². The van der Waals surface area contributed by atoms with E-state index < -0.39 is 5.82 Å². The van der Waals surface area contributed by atoms with Crippen molar-refractivity contribution in [1.82, 2.24) is 4.98 Å². The van der Waals surface area contributed by atoms with Gasteiger partial charge in [-0.25, -0.2) is 4.39 Å². The molecule has 0 saturated carbocycles. The van der Waals surface area contributed by atoms with Gasteiger partial charge in [0.1, 0.15) is 6.07 Å². The summed E-state index contributed by atoms with van der Waals surface area (Å²) in [6.45, 7) is 2.21. The number of nitrogens with zero attached hydrogens (tertiary/aromatic N) is 2. The summed E-state index contributed by atoms with van der Waals surface area (Å²) in [4.78, 5) is 3.87. The topological polar surface area (TPSA) is 45.9 Å². The van der Waals surface area contributed by atoms with Crippen LogP contribution in [0.25, 0.3) is 11.1 Å².